The summed E-state index contributed by atoms with van der Waals surface area (Å²) >= 11 is 0. The molecule has 4 heteroatoms. The van der Waals surface area contributed by atoms with Crippen molar-refractivity contribution in [3.8, 4) is 67.5 Å². The molecule has 2 aliphatic carbocycles. The number of aryl methyl sites for hydroxylation is 2. The summed E-state index contributed by atoms with van der Waals surface area (Å²) in [5, 5.41) is 9.27. The SMILES string of the molecule is c1cc2cc3c(cc2cc#1)[C@@H](c1cc(-c2nc(-c4cccc(-c5ccccc5)c4)nc(-c4cccc5c4C(CCc4ccccc4)Cc4ccccc4-5)n2)c2oc4ccc5ccccc5c4c2c1)CCc1ccc2ccccc2c1-3. The summed E-state index contributed by atoms with van der Waals surface area (Å²) in [6.45, 7) is 0. The van der Waals surface area contributed by atoms with Gasteiger partial charge < -0.3 is 4.42 Å². The Kier molecular flexibility index (Phi) is 10.9. The van der Waals surface area contributed by atoms with Crippen molar-refractivity contribution in [2.24, 2.45) is 0 Å². The number of furan rings is 1. The average molecular weight is 1020 g/mol. The highest BCUT2D eigenvalue weighted by Crippen LogP contribution is 2.50. The molecule has 0 spiro atoms. The fourth-order valence-electron chi connectivity index (χ4n) is 13.5. The Balaban J connectivity index is 0.965. The van der Waals surface area contributed by atoms with E-state index >= 15 is 0 Å². The fourth-order valence-corrected chi connectivity index (χ4v) is 13.5. The van der Waals surface area contributed by atoms with E-state index in [2.05, 4.69) is 249 Å². The van der Waals surface area contributed by atoms with Crippen LogP contribution in [0, 0.1) is 12.1 Å². The Hall–Kier alpha value is -9.95. The van der Waals surface area contributed by atoms with Crippen LogP contribution in [0.15, 0.2) is 241 Å². The van der Waals surface area contributed by atoms with E-state index in [1.165, 1.54) is 66.4 Å². The predicted octanol–water partition coefficient (Wildman–Crippen LogP) is 19.2. The van der Waals surface area contributed by atoms with Gasteiger partial charge in [0.15, 0.2) is 17.5 Å². The second kappa shape index (κ2) is 18.9. The van der Waals surface area contributed by atoms with Crippen molar-refractivity contribution in [3.05, 3.63) is 282 Å². The lowest BCUT2D eigenvalue weighted by Gasteiger charge is -2.30. The second-order valence-corrected chi connectivity index (χ2v) is 21.9. The molecule has 0 aliphatic heterocycles. The Morgan fingerprint density at radius 3 is 1.98 bits per heavy atom. The number of hydrogen-bond acceptors (Lipinski definition) is 4. The summed E-state index contributed by atoms with van der Waals surface area (Å²) in [7, 11) is 0. The van der Waals surface area contributed by atoms with Crippen LogP contribution >= 0.6 is 0 Å². The fraction of sp³-hybridized carbons (Fsp3) is 0.0921. The lowest BCUT2D eigenvalue weighted by atomic mass is 9.74. The molecule has 4 nitrogen and oxygen atoms in total. The van der Waals surface area contributed by atoms with Crippen LogP contribution in [-0.2, 0) is 19.3 Å². The van der Waals surface area contributed by atoms with Crippen molar-refractivity contribution in [1.29, 1.82) is 0 Å². The lowest BCUT2D eigenvalue weighted by Crippen LogP contribution is -2.14. The lowest BCUT2D eigenvalue weighted by molar-refractivity contribution is 0.616. The van der Waals surface area contributed by atoms with Crippen LogP contribution in [0.1, 0.15) is 58.1 Å². The summed E-state index contributed by atoms with van der Waals surface area (Å²) in [5.41, 5.74) is 19.6. The van der Waals surface area contributed by atoms with Crippen LogP contribution in [0.5, 0.6) is 0 Å². The van der Waals surface area contributed by atoms with E-state index in [1.807, 2.05) is 0 Å². The van der Waals surface area contributed by atoms with Gasteiger partial charge in [0.05, 0.1) is 5.56 Å². The molecule has 2 heterocycles. The maximum absolute atomic E-state index is 7.22. The molecule has 0 bridgehead atoms. The topological polar surface area (TPSA) is 51.8 Å². The molecule has 1 unspecified atom stereocenters. The predicted molar refractivity (Wildman–Crippen MR) is 328 cm³/mol. The van der Waals surface area contributed by atoms with Gasteiger partial charge in [0.1, 0.15) is 11.2 Å². The van der Waals surface area contributed by atoms with E-state index in [4.69, 9.17) is 19.4 Å². The summed E-state index contributed by atoms with van der Waals surface area (Å²) in [6, 6.07) is 92.6. The Bertz CT molecular complexity index is 4770. The van der Waals surface area contributed by atoms with Gasteiger partial charge in [-0.2, -0.15) is 0 Å². The van der Waals surface area contributed by atoms with Gasteiger partial charge >= 0.3 is 0 Å². The number of nitrogens with zero attached hydrogens (tertiary/aromatic N) is 3. The third-order valence-electron chi connectivity index (χ3n) is 17.3. The summed E-state index contributed by atoms with van der Waals surface area (Å²) in [5.74, 6) is 2.06. The van der Waals surface area contributed by atoms with Gasteiger partial charge in [-0.1, -0.05) is 200 Å². The first kappa shape index (κ1) is 46.2. The third kappa shape index (κ3) is 7.80. The molecular formula is C76H51N3O. The molecule has 2 atom stereocenters. The standard InChI is InChI=1S/C76H51N3O/c1-3-17-47(18-4-1)33-34-56-42-55-25-11-12-28-59(55)63-31-16-32-64(71(56)63)75-77-74(57-27-15-26-52(41-57)48-19-5-2-6-20-48)78-76(79-75)68-46-58(45-67-72-62-30-14-10-22-50(62)38-40-69(72)80-73(67)68)60-39-37-51-36-35-49-21-9-13-29-61(49)70(51)66-44-54-24-8-7-23-53(54)43-65(60)66/h1-6,9-32,35-36,38,40-41,43-46,56,60H,33-34,37,39,42H2/t56?,60-/m1/s1. The molecule has 0 N–H and O–H groups in total. The van der Waals surface area contributed by atoms with Crippen molar-refractivity contribution < 1.29 is 4.42 Å². The van der Waals surface area contributed by atoms with E-state index < -0.39 is 0 Å². The Morgan fingerprint density at radius 1 is 0.450 bits per heavy atom. The van der Waals surface area contributed by atoms with Crippen LogP contribution in [0.2, 0.25) is 0 Å². The number of benzene rings is 11. The highest BCUT2D eigenvalue weighted by molar-refractivity contribution is 6.21. The molecule has 12 aromatic carbocycles. The van der Waals surface area contributed by atoms with E-state index in [1.54, 1.807) is 0 Å². The molecule has 0 fully saturated rings. The van der Waals surface area contributed by atoms with Crippen LogP contribution < -0.4 is 0 Å². The van der Waals surface area contributed by atoms with Gasteiger partial charge in [-0.05, 0) is 186 Å². The minimum Gasteiger partial charge on any atom is -0.455 e. The first-order valence-corrected chi connectivity index (χ1v) is 28.1. The van der Waals surface area contributed by atoms with Crippen molar-refractivity contribution in [3.63, 3.8) is 0 Å². The zero-order chi connectivity index (χ0) is 52.7. The maximum Gasteiger partial charge on any atom is 0.167 e. The highest BCUT2D eigenvalue weighted by atomic mass is 16.3. The van der Waals surface area contributed by atoms with Crippen LogP contribution in [0.4, 0.5) is 0 Å². The van der Waals surface area contributed by atoms with Crippen molar-refractivity contribution in [2.75, 3.05) is 0 Å². The quantitative estimate of drug-likeness (QED) is 0.152. The van der Waals surface area contributed by atoms with Crippen LogP contribution in [0.25, 0.3) is 122 Å². The first-order valence-electron chi connectivity index (χ1n) is 28.1. The average Bonchev–Trinajstić information content (AvgIpc) is 3.96. The molecule has 14 aromatic rings. The highest BCUT2D eigenvalue weighted by Gasteiger charge is 2.32. The van der Waals surface area contributed by atoms with Crippen LogP contribution in [0.3, 0.4) is 0 Å². The summed E-state index contributed by atoms with van der Waals surface area (Å²) < 4.78 is 7.22. The third-order valence-corrected chi connectivity index (χ3v) is 17.3. The van der Waals surface area contributed by atoms with Crippen molar-refractivity contribution >= 4 is 54.3 Å². The molecule has 376 valence electrons. The van der Waals surface area contributed by atoms with Crippen molar-refractivity contribution in [2.45, 2.75) is 43.9 Å². The maximum atomic E-state index is 7.22. The monoisotopic (exact) mass is 1020 g/mol. The molecule has 0 radical (unpaired) electrons. The normalized spacial score (nSPS) is 14.6. The molecule has 2 aliphatic rings. The molecule has 0 saturated carbocycles. The van der Waals surface area contributed by atoms with Gasteiger partial charge in [0.2, 0.25) is 0 Å². The molecule has 0 amide bonds. The zero-order valence-corrected chi connectivity index (χ0v) is 44.0. The van der Waals surface area contributed by atoms with Crippen molar-refractivity contribution in [1.82, 2.24) is 15.0 Å². The van der Waals surface area contributed by atoms with Gasteiger partial charge in [0, 0.05) is 27.8 Å². The summed E-state index contributed by atoms with van der Waals surface area (Å²) in [4.78, 5) is 17.0. The van der Waals surface area contributed by atoms with E-state index in [0.29, 0.717) is 17.5 Å². The largest absolute Gasteiger partial charge is 0.455 e. The van der Waals surface area contributed by atoms with Gasteiger partial charge in [-0.15, -0.1) is 0 Å². The van der Waals surface area contributed by atoms with Crippen LogP contribution in [-0.4, -0.2) is 15.0 Å². The minimum absolute atomic E-state index is 0.00254. The smallest absolute Gasteiger partial charge is 0.167 e. The minimum atomic E-state index is 0.00254. The first-order chi connectivity index (χ1) is 39.6. The molecular weight excluding hydrogens is 971 g/mol. The molecule has 2 aromatic heterocycles. The number of hydrogen-bond donors (Lipinski definition) is 0. The molecule has 80 heavy (non-hydrogen) atoms. The molecule has 16 rings (SSSR count). The zero-order valence-electron chi connectivity index (χ0n) is 44.0. The van der Waals surface area contributed by atoms with E-state index in [0.717, 1.165) is 103 Å². The number of aromatic nitrogens is 3. The molecule has 0 saturated heterocycles. The second-order valence-electron chi connectivity index (χ2n) is 21.9. The number of rotatable bonds is 8. The van der Waals surface area contributed by atoms with Gasteiger partial charge in [0.25, 0.3) is 0 Å². The van der Waals surface area contributed by atoms with Gasteiger partial charge in [-0.25, -0.2) is 15.0 Å². The summed E-state index contributed by atoms with van der Waals surface area (Å²) in [6.07, 6.45) is 4.68. The number of fused-ring (bicyclic) bond motifs is 14. The van der Waals surface area contributed by atoms with E-state index in [9.17, 15) is 0 Å². The van der Waals surface area contributed by atoms with E-state index in [-0.39, 0.29) is 11.8 Å². The Labute approximate surface area is 464 Å². The van der Waals surface area contributed by atoms with Gasteiger partial charge in [-0.3, -0.25) is 0 Å². The Morgan fingerprint density at radius 2 is 1.11 bits per heavy atom.